The first-order valence-corrected chi connectivity index (χ1v) is 4.02. The van der Waals surface area contributed by atoms with Crippen LogP contribution in [0.3, 0.4) is 0 Å². The molecule has 60 valence electrons. The zero-order valence-electron chi connectivity index (χ0n) is 7.46. The van der Waals surface area contributed by atoms with Gasteiger partial charge < -0.3 is 0 Å². The largest absolute Gasteiger partial charge is 0.0793 e. The highest BCUT2D eigenvalue weighted by Crippen LogP contribution is 2.01. The van der Waals surface area contributed by atoms with Gasteiger partial charge in [-0.15, -0.1) is 0 Å². The molecule has 0 radical (unpaired) electrons. The molecular weight excluding hydrogens is 144 g/mol. The van der Waals surface area contributed by atoms with Crippen molar-refractivity contribution in [1.29, 1.82) is 0 Å². The van der Waals surface area contributed by atoms with E-state index in [1.165, 1.54) is 5.56 Å². The van der Waals surface area contributed by atoms with E-state index < -0.39 is 0 Å². The second-order valence-electron chi connectivity index (χ2n) is 2.64. The van der Waals surface area contributed by atoms with Crippen LogP contribution >= 0.6 is 0 Å². The van der Waals surface area contributed by atoms with Gasteiger partial charge in [-0.3, -0.25) is 0 Å². The standard InChI is InChI=1S/C12H12/c1-3-4-5-8-12-9-6-7-11(2)10-12/h3-4,6-7,9-10H,1-2H3/b4-3+. The minimum absolute atomic E-state index is 1.08. The van der Waals surface area contributed by atoms with Crippen LogP contribution in [-0.4, -0.2) is 0 Å². The molecular formula is C12H12. The molecule has 0 fully saturated rings. The molecule has 0 aromatic heterocycles. The van der Waals surface area contributed by atoms with Crippen LogP contribution in [0.25, 0.3) is 0 Å². The Labute approximate surface area is 73.9 Å². The van der Waals surface area contributed by atoms with Crippen molar-refractivity contribution in [2.24, 2.45) is 0 Å². The van der Waals surface area contributed by atoms with Crippen LogP contribution < -0.4 is 0 Å². The predicted molar refractivity (Wildman–Crippen MR) is 52.9 cm³/mol. The van der Waals surface area contributed by atoms with Crippen molar-refractivity contribution in [2.45, 2.75) is 13.8 Å². The van der Waals surface area contributed by atoms with Crippen LogP contribution in [0.5, 0.6) is 0 Å². The Balaban J connectivity index is 2.85. The van der Waals surface area contributed by atoms with Gasteiger partial charge in [-0.1, -0.05) is 30.0 Å². The molecule has 0 aliphatic rings. The van der Waals surface area contributed by atoms with E-state index in [0.717, 1.165) is 5.56 Å². The van der Waals surface area contributed by atoms with Crippen LogP contribution in [0.4, 0.5) is 0 Å². The van der Waals surface area contributed by atoms with E-state index in [1.54, 1.807) is 0 Å². The molecule has 0 atom stereocenters. The van der Waals surface area contributed by atoms with Gasteiger partial charge in [-0.2, -0.15) is 0 Å². The first kappa shape index (κ1) is 8.62. The fraction of sp³-hybridized carbons (Fsp3) is 0.167. The minimum atomic E-state index is 1.08. The van der Waals surface area contributed by atoms with Gasteiger partial charge >= 0.3 is 0 Å². The minimum Gasteiger partial charge on any atom is -0.0793 e. The lowest BCUT2D eigenvalue weighted by molar-refractivity contribution is 1.46. The second kappa shape index (κ2) is 4.41. The molecule has 0 nitrogen and oxygen atoms in total. The van der Waals surface area contributed by atoms with E-state index in [0.29, 0.717) is 0 Å². The number of rotatable bonds is 0. The van der Waals surface area contributed by atoms with Crippen LogP contribution in [0.1, 0.15) is 18.1 Å². The maximum atomic E-state index is 3.05. The SMILES string of the molecule is C/C=C/C#Cc1cccc(C)c1. The van der Waals surface area contributed by atoms with E-state index in [4.69, 9.17) is 0 Å². The van der Waals surface area contributed by atoms with Gasteiger partial charge in [0.2, 0.25) is 0 Å². The molecule has 1 aromatic carbocycles. The summed E-state index contributed by atoms with van der Waals surface area (Å²) in [5, 5.41) is 0. The Kier molecular flexibility index (Phi) is 3.17. The fourth-order valence-corrected chi connectivity index (χ4v) is 0.931. The van der Waals surface area contributed by atoms with Gasteiger partial charge in [-0.05, 0) is 37.6 Å². The van der Waals surface area contributed by atoms with Crippen LogP contribution in [0.15, 0.2) is 36.4 Å². The Morgan fingerprint density at radius 3 is 2.83 bits per heavy atom. The van der Waals surface area contributed by atoms with Gasteiger partial charge in [-0.25, -0.2) is 0 Å². The summed E-state index contributed by atoms with van der Waals surface area (Å²) in [5.41, 5.74) is 2.33. The summed E-state index contributed by atoms with van der Waals surface area (Å²) in [5.74, 6) is 6.00. The van der Waals surface area contributed by atoms with E-state index in [9.17, 15) is 0 Å². The number of hydrogen-bond acceptors (Lipinski definition) is 0. The Bertz CT molecular complexity index is 335. The Hall–Kier alpha value is -1.48. The van der Waals surface area contributed by atoms with Crippen molar-refractivity contribution in [3.63, 3.8) is 0 Å². The maximum Gasteiger partial charge on any atom is 0.0251 e. The molecule has 0 saturated heterocycles. The average Bonchev–Trinajstić information content (AvgIpc) is 2.05. The first-order chi connectivity index (χ1) is 5.83. The van der Waals surface area contributed by atoms with Crippen molar-refractivity contribution in [3.05, 3.63) is 47.5 Å². The molecule has 0 amide bonds. The summed E-state index contributed by atoms with van der Waals surface area (Å²) >= 11 is 0. The summed E-state index contributed by atoms with van der Waals surface area (Å²) in [6.07, 6.45) is 3.78. The number of hydrogen-bond donors (Lipinski definition) is 0. The molecule has 0 spiro atoms. The lowest BCUT2D eigenvalue weighted by Gasteiger charge is -1.91. The number of aryl methyl sites for hydroxylation is 1. The van der Waals surface area contributed by atoms with E-state index >= 15 is 0 Å². The van der Waals surface area contributed by atoms with Gasteiger partial charge in [0.15, 0.2) is 0 Å². The zero-order valence-corrected chi connectivity index (χ0v) is 7.46. The van der Waals surface area contributed by atoms with Gasteiger partial charge in [0.1, 0.15) is 0 Å². The second-order valence-corrected chi connectivity index (χ2v) is 2.64. The molecule has 0 bridgehead atoms. The molecule has 0 heterocycles. The van der Waals surface area contributed by atoms with E-state index in [-0.39, 0.29) is 0 Å². The van der Waals surface area contributed by atoms with E-state index in [2.05, 4.69) is 30.9 Å². The third-order valence-electron chi connectivity index (χ3n) is 1.48. The highest BCUT2D eigenvalue weighted by molar-refractivity contribution is 5.38. The quantitative estimate of drug-likeness (QED) is 0.507. The summed E-state index contributed by atoms with van der Waals surface area (Å²) in [6.45, 7) is 4.03. The molecule has 12 heavy (non-hydrogen) atoms. The lowest BCUT2D eigenvalue weighted by atomic mass is 10.1. The number of benzene rings is 1. The normalized spacial score (nSPS) is 9.50. The van der Waals surface area contributed by atoms with Crippen LogP contribution in [-0.2, 0) is 0 Å². The predicted octanol–water partition coefficient (Wildman–Crippen LogP) is 2.92. The Morgan fingerprint density at radius 1 is 1.33 bits per heavy atom. The summed E-state index contributed by atoms with van der Waals surface area (Å²) in [6, 6.07) is 8.19. The third kappa shape index (κ3) is 2.64. The summed E-state index contributed by atoms with van der Waals surface area (Å²) in [4.78, 5) is 0. The van der Waals surface area contributed by atoms with Gasteiger partial charge in [0.05, 0.1) is 0 Å². The summed E-state index contributed by atoms with van der Waals surface area (Å²) in [7, 11) is 0. The van der Waals surface area contributed by atoms with Crippen LogP contribution in [0, 0.1) is 18.8 Å². The molecule has 1 aromatic rings. The fourth-order valence-electron chi connectivity index (χ4n) is 0.931. The molecule has 0 aliphatic heterocycles. The van der Waals surface area contributed by atoms with E-state index in [1.807, 2.05) is 31.2 Å². The first-order valence-electron chi connectivity index (χ1n) is 4.02. The van der Waals surface area contributed by atoms with Gasteiger partial charge in [0, 0.05) is 5.56 Å². The Morgan fingerprint density at radius 2 is 2.17 bits per heavy atom. The van der Waals surface area contributed by atoms with Gasteiger partial charge in [0.25, 0.3) is 0 Å². The molecule has 1 rings (SSSR count). The van der Waals surface area contributed by atoms with Crippen molar-refractivity contribution in [3.8, 4) is 11.8 Å². The maximum absolute atomic E-state index is 3.05. The van der Waals surface area contributed by atoms with Crippen LogP contribution in [0.2, 0.25) is 0 Å². The number of allylic oxidation sites excluding steroid dienone is 2. The smallest absolute Gasteiger partial charge is 0.0251 e. The highest BCUT2D eigenvalue weighted by Gasteiger charge is 1.84. The molecule has 0 aliphatic carbocycles. The van der Waals surface area contributed by atoms with Crippen molar-refractivity contribution in [2.75, 3.05) is 0 Å². The lowest BCUT2D eigenvalue weighted by Crippen LogP contribution is -1.74. The monoisotopic (exact) mass is 156 g/mol. The zero-order chi connectivity index (χ0) is 8.81. The molecule has 0 unspecified atom stereocenters. The summed E-state index contributed by atoms with van der Waals surface area (Å²) < 4.78 is 0. The highest BCUT2D eigenvalue weighted by atomic mass is 13.9. The topological polar surface area (TPSA) is 0 Å². The average molecular weight is 156 g/mol. The molecule has 0 heteroatoms. The third-order valence-corrected chi connectivity index (χ3v) is 1.48. The van der Waals surface area contributed by atoms with Crippen molar-refractivity contribution in [1.82, 2.24) is 0 Å². The molecule has 0 N–H and O–H groups in total. The van der Waals surface area contributed by atoms with Crippen molar-refractivity contribution >= 4 is 0 Å². The van der Waals surface area contributed by atoms with Crippen molar-refractivity contribution < 1.29 is 0 Å². The molecule has 0 saturated carbocycles.